The van der Waals surface area contributed by atoms with Gasteiger partial charge >= 0.3 is 0 Å². The molecule has 10 nitrogen and oxygen atoms in total. The summed E-state index contributed by atoms with van der Waals surface area (Å²) >= 11 is 0. The Morgan fingerprint density at radius 1 is 1.03 bits per heavy atom. The van der Waals surface area contributed by atoms with Crippen molar-refractivity contribution >= 4 is 45.6 Å². The lowest BCUT2D eigenvalue weighted by molar-refractivity contribution is -0.129. The average molecular weight is 485 g/mol. The number of anilines is 4. The van der Waals surface area contributed by atoms with Gasteiger partial charge in [-0.1, -0.05) is 12.1 Å². The minimum absolute atomic E-state index is 0.0850. The van der Waals surface area contributed by atoms with Gasteiger partial charge in [0.15, 0.2) is 11.5 Å². The van der Waals surface area contributed by atoms with Crippen LogP contribution in [0.5, 0.6) is 0 Å². The molecule has 0 spiro atoms. The number of carbonyl (C=O) groups is 2. The summed E-state index contributed by atoms with van der Waals surface area (Å²) in [5.74, 6) is -0.0381. The van der Waals surface area contributed by atoms with Crippen LogP contribution in [0.25, 0.3) is 10.9 Å². The van der Waals surface area contributed by atoms with E-state index in [9.17, 15) is 9.59 Å². The minimum atomic E-state index is -0.648. The molecule has 2 aromatic carbocycles. The fraction of sp³-hybridized carbons (Fsp3) is 0.231. The molecule has 5 N–H and O–H groups in total. The second-order valence-corrected chi connectivity index (χ2v) is 8.73. The van der Waals surface area contributed by atoms with E-state index in [4.69, 9.17) is 5.73 Å². The number of aromatic amines is 1. The van der Waals surface area contributed by atoms with Crippen LogP contribution >= 0.6 is 0 Å². The van der Waals surface area contributed by atoms with Crippen LogP contribution in [0.4, 0.5) is 22.9 Å². The van der Waals surface area contributed by atoms with Crippen LogP contribution in [-0.2, 0) is 11.3 Å². The van der Waals surface area contributed by atoms with Crippen molar-refractivity contribution in [2.75, 3.05) is 41.7 Å². The van der Waals surface area contributed by atoms with Crippen molar-refractivity contribution in [3.05, 3.63) is 72.1 Å². The normalized spacial score (nSPS) is 13.6. The molecule has 3 heterocycles. The van der Waals surface area contributed by atoms with E-state index in [0.717, 1.165) is 54.0 Å². The van der Waals surface area contributed by atoms with Crippen LogP contribution in [0.15, 0.2) is 60.8 Å². The maximum Gasteiger partial charge on any atom is 0.271 e. The van der Waals surface area contributed by atoms with Gasteiger partial charge in [0.05, 0.1) is 5.69 Å². The number of hydrogen-bond acceptors (Lipinski definition) is 7. The van der Waals surface area contributed by atoms with E-state index >= 15 is 0 Å². The van der Waals surface area contributed by atoms with Crippen molar-refractivity contribution < 1.29 is 9.59 Å². The van der Waals surface area contributed by atoms with E-state index in [1.807, 2.05) is 59.6 Å². The van der Waals surface area contributed by atoms with Crippen molar-refractivity contribution in [1.82, 2.24) is 20.1 Å². The number of benzene rings is 2. The molecule has 0 bridgehead atoms. The molecule has 2 aromatic heterocycles. The molecule has 0 unspecified atom stereocenters. The molecule has 0 aliphatic carbocycles. The summed E-state index contributed by atoms with van der Waals surface area (Å²) in [7, 11) is 0. The number of nitrogens with zero attached hydrogens (tertiary/aromatic N) is 4. The largest absolute Gasteiger partial charge is 0.379 e. The van der Waals surface area contributed by atoms with Gasteiger partial charge in [0.1, 0.15) is 0 Å². The summed E-state index contributed by atoms with van der Waals surface area (Å²) in [6, 6.07) is 17.8. The number of rotatable bonds is 7. The van der Waals surface area contributed by atoms with Crippen molar-refractivity contribution in [2.45, 2.75) is 13.5 Å². The zero-order valence-corrected chi connectivity index (χ0v) is 20.0. The second-order valence-electron chi connectivity index (χ2n) is 8.73. The Labute approximate surface area is 208 Å². The van der Waals surface area contributed by atoms with Gasteiger partial charge in [0.25, 0.3) is 5.91 Å². The van der Waals surface area contributed by atoms with Gasteiger partial charge in [-0.15, -0.1) is 10.2 Å². The molecular formula is C26H28N8O2. The van der Waals surface area contributed by atoms with Gasteiger partial charge in [-0.05, 0) is 42.0 Å². The predicted octanol–water partition coefficient (Wildman–Crippen LogP) is 3.08. The first-order chi connectivity index (χ1) is 17.5. The molecule has 0 radical (unpaired) electrons. The quantitative estimate of drug-likeness (QED) is 0.317. The summed E-state index contributed by atoms with van der Waals surface area (Å²) in [6.07, 6.45) is 1.90. The molecule has 1 aliphatic heterocycles. The first kappa shape index (κ1) is 23.2. The Kier molecular flexibility index (Phi) is 6.40. The van der Waals surface area contributed by atoms with Crippen LogP contribution in [0.1, 0.15) is 23.0 Å². The zero-order valence-electron chi connectivity index (χ0n) is 20.0. The summed E-state index contributed by atoms with van der Waals surface area (Å²) in [5, 5.41) is 15.8. The molecule has 1 aliphatic rings. The summed E-state index contributed by atoms with van der Waals surface area (Å²) in [4.78, 5) is 30.8. The molecule has 1 fully saturated rings. The molecule has 5 rings (SSSR count). The van der Waals surface area contributed by atoms with Gasteiger partial charge in [0, 0.05) is 74.2 Å². The highest BCUT2D eigenvalue weighted by molar-refractivity contribution is 5.96. The Balaban J connectivity index is 1.28. The van der Waals surface area contributed by atoms with E-state index in [1.54, 1.807) is 13.0 Å². The molecule has 2 amide bonds. The van der Waals surface area contributed by atoms with Crippen LogP contribution in [-0.4, -0.2) is 58.1 Å². The topological polar surface area (TPSA) is 132 Å². The number of nitrogens with two attached hydrogens (primary N) is 1. The monoisotopic (exact) mass is 484 g/mol. The molecule has 10 heteroatoms. The SMILES string of the molecule is CC(=O)N1CCN(c2ccc(Nc3cc(NCc4cccc5[nH]ccc45)c(C(N)=O)nn3)cc2)CC1. The lowest BCUT2D eigenvalue weighted by Gasteiger charge is -2.35. The standard InChI is InChI=1S/C26H28N8O2/c1-17(35)33-11-13-34(14-12-33)20-7-5-19(6-8-20)30-24-15-23(25(26(27)36)32-31-24)29-16-18-3-2-4-22-21(18)9-10-28-22/h2-10,15,28H,11-14,16H2,1H3,(H2,27,36)(H2,29,30,31). The Morgan fingerprint density at radius 3 is 2.53 bits per heavy atom. The van der Waals surface area contributed by atoms with E-state index in [2.05, 4.69) is 30.7 Å². The lowest BCUT2D eigenvalue weighted by Crippen LogP contribution is -2.48. The van der Waals surface area contributed by atoms with Gasteiger partial charge < -0.3 is 31.2 Å². The fourth-order valence-corrected chi connectivity index (χ4v) is 4.45. The van der Waals surface area contributed by atoms with E-state index < -0.39 is 5.91 Å². The predicted molar refractivity (Wildman–Crippen MR) is 140 cm³/mol. The number of nitrogens with one attached hydrogen (secondary N) is 3. The van der Waals surface area contributed by atoms with Crippen molar-refractivity contribution in [3.63, 3.8) is 0 Å². The van der Waals surface area contributed by atoms with Gasteiger partial charge in [-0.3, -0.25) is 9.59 Å². The van der Waals surface area contributed by atoms with Crippen molar-refractivity contribution in [1.29, 1.82) is 0 Å². The van der Waals surface area contributed by atoms with E-state index in [0.29, 0.717) is 18.1 Å². The van der Waals surface area contributed by atoms with E-state index in [-0.39, 0.29) is 11.6 Å². The van der Waals surface area contributed by atoms with Crippen LogP contribution in [0, 0.1) is 0 Å². The average Bonchev–Trinajstić information content (AvgIpc) is 3.38. The Hall–Kier alpha value is -4.60. The molecule has 184 valence electrons. The second kappa shape index (κ2) is 9.95. The third-order valence-electron chi connectivity index (χ3n) is 6.41. The van der Waals surface area contributed by atoms with Crippen LogP contribution in [0.3, 0.4) is 0 Å². The summed E-state index contributed by atoms with van der Waals surface area (Å²) < 4.78 is 0. The first-order valence-electron chi connectivity index (χ1n) is 11.8. The third kappa shape index (κ3) is 4.92. The van der Waals surface area contributed by atoms with Crippen molar-refractivity contribution in [2.24, 2.45) is 5.73 Å². The summed E-state index contributed by atoms with van der Waals surface area (Å²) in [6.45, 7) is 5.16. The number of H-pyrrole nitrogens is 1. The lowest BCUT2D eigenvalue weighted by atomic mass is 10.1. The zero-order chi connectivity index (χ0) is 25.1. The molecule has 1 saturated heterocycles. The number of carbonyl (C=O) groups excluding carboxylic acids is 2. The maximum absolute atomic E-state index is 11.9. The van der Waals surface area contributed by atoms with Crippen LogP contribution in [0.2, 0.25) is 0 Å². The van der Waals surface area contributed by atoms with Gasteiger partial charge in [0.2, 0.25) is 5.91 Å². The van der Waals surface area contributed by atoms with E-state index in [1.165, 1.54) is 0 Å². The number of aromatic nitrogens is 3. The highest BCUT2D eigenvalue weighted by Gasteiger charge is 2.19. The highest BCUT2D eigenvalue weighted by Crippen LogP contribution is 2.25. The summed E-state index contributed by atoms with van der Waals surface area (Å²) in [5.41, 5.74) is 10.2. The van der Waals surface area contributed by atoms with Gasteiger partial charge in [-0.25, -0.2) is 0 Å². The first-order valence-corrected chi connectivity index (χ1v) is 11.8. The molecule has 36 heavy (non-hydrogen) atoms. The third-order valence-corrected chi connectivity index (χ3v) is 6.41. The number of piperazine rings is 1. The number of hydrogen-bond donors (Lipinski definition) is 4. The maximum atomic E-state index is 11.9. The van der Waals surface area contributed by atoms with Crippen LogP contribution < -0.4 is 21.3 Å². The minimum Gasteiger partial charge on any atom is -0.379 e. The number of amides is 2. The Morgan fingerprint density at radius 2 is 1.81 bits per heavy atom. The smallest absolute Gasteiger partial charge is 0.271 e. The Bertz CT molecular complexity index is 1390. The molecular weight excluding hydrogens is 456 g/mol. The van der Waals surface area contributed by atoms with Crippen molar-refractivity contribution in [3.8, 4) is 0 Å². The molecule has 0 saturated carbocycles. The number of primary amides is 1. The highest BCUT2D eigenvalue weighted by atomic mass is 16.2. The molecule has 4 aromatic rings. The van der Waals surface area contributed by atoms with Gasteiger partial charge in [-0.2, -0.15) is 0 Å². The fourth-order valence-electron chi connectivity index (χ4n) is 4.45. The molecule has 0 atom stereocenters. The number of fused-ring (bicyclic) bond motifs is 1.